The van der Waals surface area contributed by atoms with Crippen molar-refractivity contribution >= 4 is 41.8 Å². The van der Waals surface area contributed by atoms with E-state index in [4.69, 9.17) is 17.0 Å². The van der Waals surface area contributed by atoms with E-state index in [1.54, 1.807) is 0 Å². The van der Waals surface area contributed by atoms with Crippen LogP contribution in [0, 0.1) is 0 Å². The fourth-order valence-electron chi connectivity index (χ4n) is 6.96. The molecule has 0 unspecified atom stereocenters. The van der Waals surface area contributed by atoms with Crippen molar-refractivity contribution in [1.29, 1.82) is 0 Å². The predicted molar refractivity (Wildman–Crippen MR) is 216 cm³/mol. The van der Waals surface area contributed by atoms with E-state index < -0.39 is 18.9 Å². The summed E-state index contributed by atoms with van der Waals surface area (Å²) in [7, 11) is 12.5. The van der Waals surface area contributed by atoms with Crippen LogP contribution in [0.2, 0.25) is 0 Å². The van der Waals surface area contributed by atoms with Gasteiger partial charge in [0.05, 0.1) is 0 Å². The fourth-order valence-corrected chi connectivity index (χ4v) is 11.4. The van der Waals surface area contributed by atoms with Crippen LogP contribution < -0.4 is 0 Å². The van der Waals surface area contributed by atoms with Crippen LogP contribution in [0.4, 0.5) is 0 Å². The van der Waals surface area contributed by atoms with Gasteiger partial charge >= 0.3 is 110 Å². The third-order valence-electron chi connectivity index (χ3n) is 9.48. The molecule has 0 saturated carbocycles. The Labute approximate surface area is 310 Å². The van der Waals surface area contributed by atoms with Crippen molar-refractivity contribution in [1.82, 2.24) is 0 Å². The minimum absolute atomic E-state index is 1.10. The molecule has 0 amide bonds. The third-order valence-corrected chi connectivity index (χ3v) is 14.0. The van der Waals surface area contributed by atoms with Gasteiger partial charge in [0.15, 0.2) is 0 Å². The normalized spacial score (nSPS) is 11.3. The van der Waals surface area contributed by atoms with E-state index in [0.29, 0.717) is 0 Å². The minimum atomic E-state index is -2.40. The number of hydrogen-bond donors (Lipinski definition) is 0. The zero-order chi connectivity index (χ0) is 34.5. The molecule has 0 atom stereocenters. The average Bonchev–Trinajstić information content (AvgIpc) is 3.89. The monoisotopic (exact) mass is 762 g/mol. The Morgan fingerprint density at radius 2 is 0.780 bits per heavy atom. The van der Waals surface area contributed by atoms with Crippen molar-refractivity contribution < 1.29 is 18.9 Å². The molecule has 0 heterocycles. The SMILES string of the molecule is CCc1cc2c(-c3ccccc3)cccc2[cH-]1.CCc1cc2c(-c3ccccc3)cccc2[cH-]1.[Cl][Zr]([Cl])=[C]1c2ccccc2-c2ccccc21. The Morgan fingerprint density at radius 3 is 1.16 bits per heavy atom. The van der Waals surface area contributed by atoms with Gasteiger partial charge < -0.3 is 0 Å². The zero-order valence-corrected chi connectivity index (χ0v) is 32.3. The van der Waals surface area contributed by atoms with E-state index in [1.807, 2.05) is 12.1 Å². The Kier molecular flexibility index (Phi) is 10.9. The predicted octanol–water partition coefficient (Wildman–Crippen LogP) is 13.7. The molecule has 0 saturated heterocycles. The van der Waals surface area contributed by atoms with Crippen LogP contribution in [0.3, 0.4) is 0 Å². The summed E-state index contributed by atoms with van der Waals surface area (Å²) in [6.45, 7) is 4.41. The summed E-state index contributed by atoms with van der Waals surface area (Å²) in [6.07, 6.45) is 2.20. The molecule has 50 heavy (non-hydrogen) atoms. The molecule has 8 aromatic carbocycles. The Morgan fingerprint density at radius 1 is 0.420 bits per heavy atom. The van der Waals surface area contributed by atoms with Gasteiger partial charge in [-0.05, 0) is 24.0 Å². The van der Waals surface area contributed by atoms with Crippen molar-refractivity contribution in [3.05, 3.63) is 192 Å². The van der Waals surface area contributed by atoms with Crippen LogP contribution in [0.5, 0.6) is 0 Å². The van der Waals surface area contributed by atoms with Crippen molar-refractivity contribution in [2.75, 3.05) is 0 Å². The maximum absolute atomic E-state index is 6.26. The summed E-state index contributed by atoms with van der Waals surface area (Å²) in [4.78, 5) is 0. The van der Waals surface area contributed by atoms with E-state index in [-0.39, 0.29) is 0 Å². The van der Waals surface area contributed by atoms with Gasteiger partial charge in [-0.25, -0.2) is 0 Å². The first-order valence-electron chi connectivity index (χ1n) is 17.3. The Balaban J connectivity index is 0.000000118. The number of aryl methyl sites for hydroxylation is 2. The van der Waals surface area contributed by atoms with Crippen LogP contribution in [-0.4, -0.2) is 3.21 Å². The molecule has 0 aliphatic heterocycles. The van der Waals surface area contributed by atoms with Crippen molar-refractivity contribution in [2.24, 2.45) is 0 Å². The van der Waals surface area contributed by atoms with Gasteiger partial charge in [-0.2, -0.15) is 12.1 Å². The van der Waals surface area contributed by atoms with Crippen LogP contribution >= 0.6 is 17.0 Å². The van der Waals surface area contributed by atoms with Gasteiger partial charge in [0.2, 0.25) is 0 Å². The maximum atomic E-state index is 6.26. The van der Waals surface area contributed by atoms with Gasteiger partial charge in [-0.3, -0.25) is 0 Å². The Bertz CT molecular complexity index is 2240. The molecule has 0 N–H and O–H groups in total. The van der Waals surface area contributed by atoms with Crippen molar-refractivity contribution in [3.63, 3.8) is 0 Å². The number of rotatable bonds is 4. The zero-order valence-electron chi connectivity index (χ0n) is 28.3. The second-order valence-electron chi connectivity index (χ2n) is 12.5. The molecule has 0 bridgehead atoms. The molecule has 3 heteroatoms. The van der Waals surface area contributed by atoms with Gasteiger partial charge in [-0.15, -0.1) is 69.1 Å². The van der Waals surface area contributed by atoms with Crippen molar-refractivity contribution in [2.45, 2.75) is 26.7 Å². The summed E-state index contributed by atoms with van der Waals surface area (Å²) in [5.74, 6) is 0. The summed E-state index contributed by atoms with van der Waals surface area (Å²) in [5.41, 5.74) is 13.1. The number of benzene rings is 6. The van der Waals surface area contributed by atoms with Crippen LogP contribution in [0.15, 0.2) is 170 Å². The molecular weight excluding hydrogens is 727 g/mol. The number of halogens is 2. The van der Waals surface area contributed by atoms with E-state index in [0.717, 1.165) is 12.8 Å². The molecule has 0 aromatic heterocycles. The molecule has 1 aliphatic rings. The third kappa shape index (κ3) is 7.19. The van der Waals surface area contributed by atoms with Gasteiger partial charge in [0, 0.05) is 0 Å². The molecular formula is C47H38Cl2Zr-2. The summed E-state index contributed by atoms with van der Waals surface area (Å²) < 4.78 is 1.22. The van der Waals surface area contributed by atoms with Gasteiger partial charge in [0.25, 0.3) is 0 Å². The summed E-state index contributed by atoms with van der Waals surface area (Å²) in [6, 6.07) is 60.2. The number of hydrogen-bond acceptors (Lipinski definition) is 0. The van der Waals surface area contributed by atoms with E-state index in [2.05, 4.69) is 172 Å². The molecule has 0 radical (unpaired) electrons. The first kappa shape index (κ1) is 34.3. The fraction of sp³-hybridized carbons (Fsp3) is 0.0851. The first-order chi connectivity index (χ1) is 24.6. The molecule has 246 valence electrons. The molecule has 9 rings (SSSR count). The first-order valence-corrected chi connectivity index (χ1v) is 24.8. The second-order valence-corrected chi connectivity index (χ2v) is 20.6. The summed E-state index contributed by atoms with van der Waals surface area (Å²) in [5, 5.41) is 5.44. The quantitative estimate of drug-likeness (QED) is 0.157. The number of fused-ring (bicyclic) bond motifs is 5. The molecule has 0 nitrogen and oxygen atoms in total. The average molecular weight is 765 g/mol. The molecule has 1 aliphatic carbocycles. The van der Waals surface area contributed by atoms with Gasteiger partial charge in [0.1, 0.15) is 0 Å². The van der Waals surface area contributed by atoms with E-state index in [1.165, 1.54) is 80.4 Å². The van der Waals surface area contributed by atoms with Crippen LogP contribution in [0.1, 0.15) is 36.1 Å². The standard InChI is InChI=1S/2C17H15.C13H8.2ClH.Zr/c2*1-2-13-11-15-9-6-10-16(17(15)12-13)14-7-4-3-5-8-14;1-3-7-12-10(5-1)9-11-6-2-4-8-13(11)12;;;/h2*3-12H,2H2,1H3;1-8H;2*1H;/q2*-1;;;;+2/p-2. The van der Waals surface area contributed by atoms with E-state index >= 15 is 0 Å². The van der Waals surface area contributed by atoms with Crippen LogP contribution in [-0.2, 0) is 31.7 Å². The molecule has 0 spiro atoms. The van der Waals surface area contributed by atoms with Gasteiger partial charge in [-0.1, -0.05) is 97.8 Å². The summed E-state index contributed by atoms with van der Waals surface area (Å²) >= 11 is -2.40. The topological polar surface area (TPSA) is 0 Å². The van der Waals surface area contributed by atoms with E-state index in [9.17, 15) is 0 Å². The molecule has 0 fully saturated rings. The Hall–Kier alpha value is -4.13. The van der Waals surface area contributed by atoms with Crippen LogP contribution in [0.25, 0.3) is 54.9 Å². The van der Waals surface area contributed by atoms with Crippen molar-refractivity contribution in [3.8, 4) is 33.4 Å². The second kappa shape index (κ2) is 15.8. The molecule has 8 aromatic rings.